The summed E-state index contributed by atoms with van der Waals surface area (Å²) in [5.41, 5.74) is 0.350. The van der Waals surface area contributed by atoms with Gasteiger partial charge in [0.05, 0.1) is 17.5 Å². The smallest absolute Gasteiger partial charge is 0.326 e. The van der Waals surface area contributed by atoms with Crippen molar-refractivity contribution in [3.63, 3.8) is 0 Å². The summed E-state index contributed by atoms with van der Waals surface area (Å²) in [5, 5.41) is 9.05. The molecule has 0 unspecified atom stereocenters. The molecule has 1 aromatic heterocycles. The summed E-state index contributed by atoms with van der Waals surface area (Å²) in [4.78, 5) is 27.2. The van der Waals surface area contributed by atoms with E-state index in [0.29, 0.717) is 10.9 Å². The minimum atomic E-state index is -0.517. The molecule has 0 aliphatic rings. The van der Waals surface area contributed by atoms with Crippen molar-refractivity contribution in [3.05, 3.63) is 50.7 Å². The van der Waals surface area contributed by atoms with Gasteiger partial charge in [-0.1, -0.05) is 18.2 Å². The van der Waals surface area contributed by atoms with Crippen molar-refractivity contribution in [1.82, 2.24) is 9.97 Å². The van der Waals surface area contributed by atoms with Crippen LogP contribution in [0.25, 0.3) is 17.0 Å². The Morgan fingerprint density at radius 1 is 1.25 bits per heavy atom. The van der Waals surface area contributed by atoms with E-state index in [0.717, 1.165) is 5.56 Å². The summed E-state index contributed by atoms with van der Waals surface area (Å²) in [5.74, 6) is 0. The first-order valence-electron chi connectivity index (χ1n) is 4.74. The Balaban J connectivity index is 2.67. The second-order valence-corrected chi connectivity index (χ2v) is 3.30. The maximum Gasteiger partial charge on any atom is 0.326 e. The van der Waals surface area contributed by atoms with Crippen molar-refractivity contribution in [2.45, 2.75) is 0 Å². The van der Waals surface area contributed by atoms with Crippen molar-refractivity contribution in [3.8, 4) is 0 Å². The van der Waals surface area contributed by atoms with Crippen LogP contribution < -0.4 is 11.2 Å². The molecule has 1 heterocycles. The third kappa shape index (κ3) is 1.94. The monoisotopic (exact) mass is 218 g/mol. The van der Waals surface area contributed by atoms with E-state index in [4.69, 9.17) is 5.11 Å². The molecule has 0 bridgehead atoms. The van der Waals surface area contributed by atoms with Gasteiger partial charge in [-0.05, 0) is 17.7 Å². The van der Waals surface area contributed by atoms with E-state index in [2.05, 4.69) is 9.97 Å². The van der Waals surface area contributed by atoms with Gasteiger partial charge in [-0.2, -0.15) is 0 Å². The Kier molecular flexibility index (Phi) is 2.70. The van der Waals surface area contributed by atoms with Crippen LogP contribution in [0.5, 0.6) is 0 Å². The van der Waals surface area contributed by atoms with Gasteiger partial charge in [0.25, 0.3) is 5.56 Å². The molecule has 2 rings (SSSR count). The van der Waals surface area contributed by atoms with Gasteiger partial charge in [-0.15, -0.1) is 0 Å². The van der Waals surface area contributed by atoms with Crippen LogP contribution in [0.3, 0.4) is 0 Å². The van der Waals surface area contributed by atoms with Crippen molar-refractivity contribution in [2.24, 2.45) is 0 Å². The first-order valence-corrected chi connectivity index (χ1v) is 4.74. The molecule has 0 amide bonds. The van der Waals surface area contributed by atoms with Crippen molar-refractivity contribution < 1.29 is 5.11 Å². The average molecular weight is 218 g/mol. The maximum atomic E-state index is 11.5. The highest BCUT2D eigenvalue weighted by atomic mass is 16.2. The molecule has 0 saturated carbocycles. The molecule has 5 nitrogen and oxygen atoms in total. The Morgan fingerprint density at radius 3 is 2.81 bits per heavy atom. The second kappa shape index (κ2) is 4.16. The highest BCUT2D eigenvalue weighted by Crippen LogP contribution is 2.09. The van der Waals surface area contributed by atoms with Crippen LogP contribution in [0.4, 0.5) is 0 Å². The zero-order chi connectivity index (χ0) is 11.5. The lowest BCUT2D eigenvalue weighted by Gasteiger charge is -1.98. The van der Waals surface area contributed by atoms with E-state index in [-0.39, 0.29) is 6.61 Å². The molecule has 3 N–H and O–H groups in total. The molecule has 5 heteroatoms. The third-order valence-corrected chi connectivity index (χ3v) is 2.18. The number of H-pyrrole nitrogens is 2. The first kappa shape index (κ1) is 10.4. The normalized spacial score (nSPS) is 11.3. The quantitative estimate of drug-likeness (QED) is 0.674. The lowest BCUT2D eigenvalue weighted by molar-refractivity contribution is 0.343. The predicted molar refractivity (Wildman–Crippen MR) is 61.3 cm³/mol. The van der Waals surface area contributed by atoms with E-state index in [1.54, 1.807) is 30.4 Å². The highest BCUT2D eigenvalue weighted by Gasteiger charge is 2.00. The van der Waals surface area contributed by atoms with Gasteiger partial charge in [0.2, 0.25) is 0 Å². The van der Waals surface area contributed by atoms with Gasteiger partial charge < -0.3 is 10.1 Å². The molecule has 16 heavy (non-hydrogen) atoms. The molecule has 82 valence electrons. The number of aliphatic hydroxyl groups excluding tert-OH is 1. The number of nitrogens with one attached hydrogen (secondary N) is 2. The lowest BCUT2D eigenvalue weighted by atomic mass is 10.1. The number of fused-ring (bicyclic) bond motifs is 1. The highest BCUT2D eigenvalue weighted by molar-refractivity contribution is 5.80. The molecular weight excluding hydrogens is 208 g/mol. The van der Waals surface area contributed by atoms with E-state index in [1.165, 1.54) is 0 Å². The minimum absolute atomic E-state index is 0.0555. The zero-order valence-electron chi connectivity index (χ0n) is 8.36. The van der Waals surface area contributed by atoms with Gasteiger partial charge >= 0.3 is 5.69 Å². The molecule has 0 spiro atoms. The fraction of sp³-hybridized carbons (Fsp3) is 0.0909. The molecule has 0 atom stereocenters. The summed E-state index contributed by atoms with van der Waals surface area (Å²) >= 11 is 0. The van der Waals surface area contributed by atoms with E-state index < -0.39 is 11.2 Å². The zero-order valence-corrected chi connectivity index (χ0v) is 8.36. The topological polar surface area (TPSA) is 85.9 Å². The molecule has 0 aliphatic carbocycles. The summed E-state index contributed by atoms with van der Waals surface area (Å²) in [6, 6.07) is 5.06. The number of aliphatic hydroxyl groups is 1. The Bertz CT molecular complexity index is 652. The van der Waals surface area contributed by atoms with Crippen LogP contribution in [0.15, 0.2) is 33.9 Å². The molecule has 0 saturated heterocycles. The summed E-state index contributed by atoms with van der Waals surface area (Å²) < 4.78 is 0. The standard InChI is InChI=1S/C11H10N2O3/c14-5-1-2-7-3-4-9-8(6-7)10(15)13-11(16)12-9/h1-4,6,14H,5H2,(H2,12,13,15,16). The fourth-order valence-corrected chi connectivity index (χ4v) is 1.48. The Labute approximate surface area is 90.1 Å². The molecule has 2 aromatic rings. The molecular formula is C11H10N2O3. The fourth-order valence-electron chi connectivity index (χ4n) is 1.48. The second-order valence-electron chi connectivity index (χ2n) is 3.30. The van der Waals surface area contributed by atoms with Crippen LogP contribution >= 0.6 is 0 Å². The number of aromatic amines is 2. The van der Waals surface area contributed by atoms with Crippen LogP contribution in [0.1, 0.15) is 5.56 Å². The molecule has 0 aliphatic heterocycles. The van der Waals surface area contributed by atoms with E-state index >= 15 is 0 Å². The van der Waals surface area contributed by atoms with Crippen molar-refractivity contribution in [1.29, 1.82) is 0 Å². The van der Waals surface area contributed by atoms with E-state index in [9.17, 15) is 9.59 Å². The number of aromatic nitrogens is 2. The van der Waals surface area contributed by atoms with Crippen LogP contribution in [-0.2, 0) is 0 Å². The van der Waals surface area contributed by atoms with Gasteiger partial charge in [-0.3, -0.25) is 9.78 Å². The van der Waals surface area contributed by atoms with Crippen molar-refractivity contribution in [2.75, 3.05) is 6.61 Å². The van der Waals surface area contributed by atoms with Crippen LogP contribution in [-0.4, -0.2) is 21.7 Å². The lowest BCUT2D eigenvalue weighted by Crippen LogP contribution is -2.21. The maximum absolute atomic E-state index is 11.5. The largest absolute Gasteiger partial charge is 0.392 e. The van der Waals surface area contributed by atoms with Gasteiger partial charge in [0.15, 0.2) is 0 Å². The minimum Gasteiger partial charge on any atom is -0.392 e. The summed E-state index contributed by atoms with van der Waals surface area (Å²) in [7, 11) is 0. The van der Waals surface area contributed by atoms with Gasteiger partial charge in [0.1, 0.15) is 0 Å². The Morgan fingerprint density at radius 2 is 2.06 bits per heavy atom. The van der Waals surface area contributed by atoms with Crippen LogP contribution in [0.2, 0.25) is 0 Å². The third-order valence-electron chi connectivity index (χ3n) is 2.18. The number of hydrogen-bond donors (Lipinski definition) is 3. The number of hydrogen-bond acceptors (Lipinski definition) is 3. The van der Waals surface area contributed by atoms with Gasteiger partial charge in [-0.25, -0.2) is 4.79 Å². The first-order chi connectivity index (χ1) is 7.70. The van der Waals surface area contributed by atoms with E-state index in [1.807, 2.05) is 0 Å². The number of benzene rings is 1. The SMILES string of the molecule is O=c1[nH]c(=O)c2cc(C=CCO)ccc2[nH]1. The van der Waals surface area contributed by atoms with Crippen LogP contribution in [0, 0.1) is 0 Å². The molecule has 1 aromatic carbocycles. The Hall–Kier alpha value is -2.14. The average Bonchev–Trinajstić information content (AvgIpc) is 2.26. The van der Waals surface area contributed by atoms with Crippen molar-refractivity contribution >= 4 is 17.0 Å². The molecule has 0 fully saturated rings. The number of rotatable bonds is 2. The molecule has 0 radical (unpaired) electrons. The predicted octanol–water partition coefficient (Wildman–Crippen LogP) is 0.222. The summed E-state index contributed by atoms with van der Waals surface area (Å²) in [6.07, 6.45) is 3.27. The summed E-state index contributed by atoms with van der Waals surface area (Å²) in [6.45, 7) is -0.0555. The van der Waals surface area contributed by atoms with Gasteiger partial charge in [0, 0.05) is 0 Å².